The van der Waals surface area contributed by atoms with E-state index in [2.05, 4.69) is 30.6 Å². The molecule has 3 aromatic heterocycles. The van der Waals surface area contributed by atoms with Gasteiger partial charge in [0, 0.05) is 12.3 Å². The van der Waals surface area contributed by atoms with Gasteiger partial charge in [0.1, 0.15) is 17.0 Å². The summed E-state index contributed by atoms with van der Waals surface area (Å²) in [6.07, 6.45) is 3.22. The first-order chi connectivity index (χ1) is 9.38. The first-order valence-corrected chi connectivity index (χ1v) is 6.47. The van der Waals surface area contributed by atoms with Gasteiger partial charge in [-0.3, -0.25) is 0 Å². The minimum Gasteiger partial charge on any atom is -0.492 e. The average Bonchev–Trinajstić information content (AvgIpc) is 3.09. The SMILES string of the molecule is CCOc1cc(-c2ccncn2)sc1-c1nn[nH]n1. The molecule has 0 aliphatic carbocycles. The van der Waals surface area contributed by atoms with Crippen LogP contribution in [0.15, 0.2) is 24.7 Å². The van der Waals surface area contributed by atoms with E-state index in [1.165, 1.54) is 17.7 Å². The molecular formula is C11H10N6OS. The van der Waals surface area contributed by atoms with Gasteiger partial charge in [0.05, 0.1) is 17.2 Å². The van der Waals surface area contributed by atoms with Crippen molar-refractivity contribution in [2.24, 2.45) is 0 Å². The van der Waals surface area contributed by atoms with Crippen molar-refractivity contribution in [3.63, 3.8) is 0 Å². The highest BCUT2D eigenvalue weighted by atomic mass is 32.1. The van der Waals surface area contributed by atoms with Gasteiger partial charge in [-0.1, -0.05) is 0 Å². The van der Waals surface area contributed by atoms with E-state index in [1.807, 2.05) is 19.1 Å². The summed E-state index contributed by atoms with van der Waals surface area (Å²) in [5, 5.41) is 14.0. The molecule has 0 bridgehead atoms. The smallest absolute Gasteiger partial charge is 0.218 e. The van der Waals surface area contributed by atoms with Crippen molar-refractivity contribution in [3.05, 3.63) is 24.7 Å². The number of rotatable bonds is 4. The van der Waals surface area contributed by atoms with Crippen LogP contribution < -0.4 is 4.74 Å². The van der Waals surface area contributed by atoms with Gasteiger partial charge in [0.25, 0.3) is 0 Å². The van der Waals surface area contributed by atoms with Crippen molar-refractivity contribution in [1.82, 2.24) is 30.6 Å². The molecule has 0 aromatic carbocycles. The van der Waals surface area contributed by atoms with E-state index in [9.17, 15) is 0 Å². The number of tetrazole rings is 1. The molecule has 8 heteroatoms. The van der Waals surface area contributed by atoms with E-state index >= 15 is 0 Å². The fourth-order valence-electron chi connectivity index (χ4n) is 1.61. The molecule has 96 valence electrons. The number of hydrogen-bond acceptors (Lipinski definition) is 7. The normalized spacial score (nSPS) is 10.6. The summed E-state index contributed by atoms with van der Waals surface area (Å²) >= 11 is 1.51. The van der Waals surface area contributed by atoms with Crippen LogP contribution in [0, 0.1) is 0 Å². The molecule has 0 saturated carbocycles. The minimum absolute atomic E-state index is 0.522. The molecule has 3 aromatic rings. The lowest BCUT2D eigenvalue weighted by atomic mass is 10.3. The maximum Gasteiger partial charge on any atom is 0.218 e. The van der Waals surface area contributed by atoms with E-state index in [4.69, 9.17) is 4.74 Å². The van der Waals surface area contributed by atoms with Crippen LogP contribution in [-0.4, -0.2) is 37.2 Å². The van der Waals surface area contributed by atoms with Gasteiger partial charge in [-0.2, -0.15) is 5.21 Å². The van der Waals surface area contributed by atoms with Crippen LogP contribution in [0.5, 0.6) is 5.75 Å². The Labute approximate surface area is 112 Å². The molecule has 0 spiro atoms. The molecule has 3 heterocycles. The van der Waals surface area contributed by atoms with E-state index in [0.29, 0.717) is 12.4 Å². The van der Waals surface area contributed by atoms with Crippen LogP contribution in [0.4, 0.5) is 0 Å². The Kier molecular flexibility index (Phi) is 3.15. The van der Waals surface area contributed by atoms with Crippen LogP contribution in [-0.2, 0) is 0 Å². The Morgan fingerprint density at radius 2 is 2.37 bits per heavy atom. The Balaban J connectivity index is 2.07. The van der Waals surface area contributed by atoms with Crippen molar-refractivity contribution in [3.8, 4) is 27.0 Å². The second-order valence-electron chi connectivity index (χ2n) is 3.57. The van der Waals surface area contributed by atoms with Gasteiger partial charge in [-0.15, -0.1) is 21.5 Å². The third-order valence-corrected chi connectivity index (χ3v) is 3.52. The van der Waals surface area contributed by atoms with Crippen LogP contribution in [0.1, 0.15) is 6.92 Å². The molecule has 0 saturated heterocycles. The maximum atomic E-state index is 5.61. The van der Waals surface area contributed by atoms with Crippen molar-refractivity contribution >= 4 is 11.3 Å². The molecule has 0 unspecified atom stereocenters. The molecule has 19 heavy (non-hydrogen) atoms. The van der Waals surface area contributed by atoms with Crippen LogP contribution in [0.2, 0.25) is 0 Å². The first-order valence-electron chi connectivity index (χ1n) is 5.65. The lowest BCUT2D eigenvalue weighted by Gasteiger charge is -1.99. The molecule has 7 nitrogen and oxygen atoms in total. The number of ether oxygens (including phenoxy) is 1. The first kappa shape index (κ1) is 11.7. The predicted octanol–water partition coefficient (Wildman–Crippen LogP) is 1.78. The van der Waals surface area contributed by atoms with E-state index in [1.54, 1.807) is 6.20 Å². The highest BCUT2D eigenvalue weighted by molar-refractivity contribution is 7.19. The number of hydrogen-bond donors (Lipinski definition) is 1. The van der Waals surface area contributed by atoms with Gasteiger partial charge in [-0.05, 0) is 18.2 Å². The molecule has 0 fully saturated rings. The topological polar surface area (TPSA) is 89.5 Å². The molecule has 0 aliphatic rings. The summed E-state index contributed by atoms with van der Waals surface area (Å²) in [4.78, 5) is 9.95. The van der Waals surface area contributed by atoms with Gasteiger partial charge >= 0.3 is 0 Å². The Morgan fingerprint density at radius 1 is 1.42 bits per heavy atom. The molecular weight excluding hydrogens is 264 g/mol. The van der Waals surface area contributed by atoms with Gasteiger partial charge < -0.3 is 4.74 Å². The number of aromatic amines is 1. The van der Waals surface area contributed by atoms with Crippen molar-refractivity contribution in [2.45, 2.75) is 6.92 Å². The van der Waals surface area contributed by atoms with Crippen molar-refractivity contribution in [1.29, 1.82) is 0 Å². The third kappa shape index (κ3) is 2.29. The predicted molar refractivity (Wildman–Crippen MR) is 69.7 cm³/mol. The minimum atomic E-state index is 0.522. The number of aromatic nitrogens is 6. The highest BCUT2D eigenvalue weighted by Gasteiger charge is 2.17. The number of H-pyrrole nitrogens is 1. The molecule has 3 rings (SSSR count). The van der Waals surface area contributed by atoms with Gasteiger partial charge in [0.2, 0.25) is 5.82 Å². The van der Waals surface area contributed by atoms with Crippen LogP contribution in [0.3, 0.4) is 0 Å². The fraction of sp³-hybridized carbons (Fsp3) is 0.182. The molecule has 0 amide bonds. The summed E-state index contributed by atoms with van der Waals surface area (Å²) in [5.41, 5.74) is 0.843. The Hall–Kier alpha value is -2.35. The van der Waals surface area contributed by atoms with Gasteiger partial charge in [0.15, 0.2) is 0 Å². The zero-order chi connectivity index (χ0) is 13.1. The summed E-state index contributed by atoms with van der Waals surface area (Å²) in [6, 6.07) is 3.78. The quantitative estimate of drug-likeness (QED) is 0.780. The second-order valence-corrected chi connectivity index (χ2v) is 4.62. The van der Waals surface area contributed by atoms with E-state index in [0.717, 1.165) is 21.2 Å². The van der Waals surface area contributed by atoms with Crippen molar-refractivity contribution < 1.29 is 4.74 Å². The molecule has 0 atom stereocenters. The largest absolute Gasteiger partial charge is 0.492 e. The highest BCUT2D eigenvalue weighted by Crippen LogP contribution is 2.40. The molecule has 0 radical (unpaired) electrons. The zero-order valence-electron chi connectivity index (χ0n) is 10.1. The molecule has 1 N–H and O–H groups in total. The van der Waals surface area contributed by atoms with Crippen LogP contribution >= 0.6 is 11.3 Å². The average molecular weight is 274 g/mol. The summed E-state index contributed by atoms with van der Waals surface area (Å²) in [6.45, 7) is 2.51. The fourth-order valence-corrected chi connectivity index (χ4v) is 2.62. The number of nitrogens with one attached hydrogen (secondary N) is 1. The van der Waals surface area contributed by atoms with Gasteiger partial charge in [-0.25, -0.2) is 9.97 Å². The summed E-state index contributed by atoms with van der Waals surface area (Å²) in [7, 11) is 0. The second kappa shape index (κ2) is 5.11. The third-order valence-electron chi connectivity index (χ3n) is 2.38. The number of nitrogens with zero attached hydrogens (tertiary/aromatic N) is 5. The standard InChI is InChI=1S/C11H10N6OS/c1-2-18-8-5-9(7-3-4-12-6-13-7)19-10(8)11-14-16-17-15-11/h3-6H,2H2,1H3,(H,14,15,16,17). The summed E-state index contributed by atoms with van der Waals surface area (Å²) < 4.78 is 5.61. The summed E-state index contributed by atoms with van der Waals surface area (Å²) in [5.74, 6) is 1.26. The molecule has 0 aliphatic heterocycles. The Bertz CT molecular complexity index is 651. The van der Waals surface area contributed by atoms with E-state index in [-0.39, 0.29) is 0 Å². The maximum absolute atomic E-state index is 5.61. The lowest BCUT2D eigenvalue weighted by molar-refractivity contribution is 0.343. The lowest BCUT2D eigenvalue weighted by Crippen LogP contribution is -1.91. The Morgan fingerprint density at radius 3 is 3.05 bits per heavy atom. The monoisotopic (exact) mass is 274 g/mol. The van der Waals surface area contributed by atoms with E-state index < -0.39 is 0 Å². The van der Waals surface area contributed by atoms with Crippen molar-refractivity contribution in [2.75, 3.05) is 6.61 Å². The zero-order valence-corrected chi connectivity index (χ0v) is 10.9. The van der Waals surface area contributed by atoms with Crippen LogP contribution in [0.25, 0.3) is 21.3 Å². The number of thiophene rings is 1.